The molecule has 0 aromatic heterocycles. The van der Waals surface area contributed by atoms with Crippen LogP contribution >= 0.6 is 0 Å². The van der Waals surface area contributed by atoms with Crippen molar-refractivity contribution >= 4 is 5.91 Å². The van der Waals surface area contributed by atoms with Crippen molar-refractivity contribution in [2.45, 2.75) is 31.6 Å². The number of carbonyl (C=O) groups excluding carboxylic acids is 1. The first kappa shape index (κ1) is 16.2. The Bertz CT molecular complexity index is 634. The normalized spacial score (nSPS) is 21.2. The molecule has 0 spiro atoms. The second-order valence-corrected chi connectivity index (χ2v) is 5.98. The molecule has 22 heavy (non-hydrogen) atoms. The lowest BCUT2D eigenvalue weighted by molar-refractivity contribution is -0.125. The van der Waals surface area contributed by atoms with Gasteiger partial charge in [-0.25, -0.2) is 8.78 Å². The van der Waals surface area contributed by atoms with Crippen molar-refractivity contribution in [1.29, 1.82) is 0 Å². The van der Waals surface area contributed by atoms with Gasteiger partial charge in [-0.05, 0) is 37.6 Å². The second kappa shape index (κ2) is 5.92. The Kier molecular flexibility index (Phi) is 4.37. The molecule has 4 heteroatoms. The van der Waals surface area contributed by atoms with E-state index in [4.69, 9.17) is 0 Å². The number of benzene rings is 1. The van der Waals surface area contributed by atoms with Crippen molar-refractivity contribution in [2.24, 2.45) is 0 Å². The highest BCUT2D eigenvalue weighted by Gasteiger charge is 2.38. The number of likely N-dealkylation sites (tertiary alicyclic amines) is 1. The van der Waals surface area contributed by atoms with Crippen molar-refractivity contribution in [2.75, 3.05) is 13.1 Å². The van der Waals surface area contributed by atoms with Gasteiger partial charge in [0.1, 0.15) is 5.67 Å². The van der Waals surface area contributed by atoms with Crippen LogP contribution in [0.3, 0.4) is 0 Å². The number of rotatable bonds is 2. The molecular weight excluding hydrogens is 284 g/mol. The van der Waals surface area contributed by atoms with E-state index in [1.165, 1.54) is 24.8 Å². The maximum Gasteiger partial charge on any atom is 0.246 e. The van der Waals surface area contributed by atoms with Crippen LogP contribution in [0.4, 0.5) is 8.78 Å². The van der Waals surface area contributed by atoms with Crippen LogP contribution in [0.1, 0.15) is 31.4 Å². The first-order chi connectivity index (χ1) is 10.2. The van der Waals surface area contributed by atoms with Gasteiger partial charge in [0, 0.05) is 18.5 Å². The van der Waals surface area contributed by atoms with Crippen molar-refractivity contribution in [3.05, 3.63) is 48.0 Å². The number of halogens is 2. The van der Waals surface area contributed by atoms with Crippen LogP contribution in [0.15, 0.2) is 36.9 Å². The minimum absolute atomic E-state index is 0.0412. The van der Waals surface area contributed by atoms with Crippen LogP contribution in [-0.2, 0) is 10.5 Å². The minimum atomic E-state index is -1.70. The van der Waals surface area contributed by atoms with Gasteiger partial charge in [-0.3, -0.25) is 4.79 Å². The highest BCUT2D eigenvalue weighted by molar-refractivity contribution is 5.87. The highest BCUT2D eigenvalue weighted by atomic mass is 19.1. The molecule has 0 unspecified atom stereocenters. The molecule has 1 amide bonds. The molecule has 1 aliphatic heterocycles. The third-order valence-corrected chi connectivity index (χ3v) is 3.71. The molecule has 1 fully saturated rings. The van der Waals surface area contributed by atoms with Crippen molar-refractivity contribution in [1.82, 2.24) is 4.90 Å². The SMILES string of the molecule is C=CC(=O)N1CC[C@@](F)(C#Cc2ccc(C(C)(C)F)cc2)C1. The summed E-state index contributed by atoms with van der Waals surface area (Å²) in [5.41, 5.74) is -1.93. The molecule has 0 bridgehead atoms. The first-order valence-electron chi connectivity index (χ1n) is 7.16. The number of amides is 1. The molecule has 1 aliphatic rings. The zero-order valence-corrected chi connectivity index (χ0v) is 12.8. The first-order valence-corrected chi connectivity index (χ1v) is 7.16. The fraction of sp³-hybridized carbons (Fsp3) is 0.389. The van der Waals surface area contributed by atoms with E-state index < -0.39 is 11.3 Å². The van der Waals surface area contributed by atoms with Crippen molar-refractivity contribution in [3.8, 4) is 11.8 Å². The number of hydrogen-bond donors (Lipinski definition) is 0. The summed E-state index contributed by atoms with van der Waals surface area (Å²) in [4.78, 5) is 12.9. The summed E-state index contributed by atoms with van der Waals surface area (Å²) in [6.07, 6.45) is 1.37. The standard InChI is InChI=1S/C18H19F2NO/c1-4-16(22)21-12-11-18(20,13-21)10-9-14-5-7-15(8-6-14)17(2,3)19/h4-8H,1,11-13H2,2-3H3/t18-/m0/s1. The monoisotopic (exact) mass is 303 g/mol. The van der Waals surface area contributed by atoms with E-state index in [0.29, 0.717) is 17.7 Å². The average molecular weight is 303 g/mol. The van der Waals surface area contributed by atoms with Gasteiger partial charge < -0.3 is 4.90 Å². The second-order valence-electron chi connectivity index (χ2n) is 5.98. The summed E-state index contributed by atoms with van der Waals surface area (Å²) in [7, 11) is 0. The summed E-state index contributed by atoms with van der Waals surface area (Å²) < 4.78 is 28.3. The van der Waals surface area contributed by atoms with Crippen LogP contribution in [0.25, 0.3) is 0 Å². The van der Waals surface area contributed by atoms with E-state index in [-0.39, 0.29) is 18.9 Å². The zero-order chi connectivity index (χ0) is 16.4. The van der Waals surface area contributed by atoms with E-state index in [2.05, 4.69) is 18.4 Å². The molecule has 1 aromatic rings. The topological polar surface area (TPSA) is 20.3 Å². The van der Waals surface area contributed by atoms with Crippen molar-refractivity contribution in [3.63, 3.8) is 0 Å². The largest absolute Gasteiger partial charge is 0.335 e. The predicted octanol–water partition coefficient (Wildman–Crippen LogP) is 3.37. The number of hydrogen-bond acceptors (Lipinski definition) is 1. The fourth-order valence-corrected chi connectivity index (χ4v) is 2.33. The van der Waals surface area contributed by atoms with Gasteiger partial charge in [-0.1, -0.05) is 30.6 Å². The third-order valence-electron chi connectivity index (χ3n) is 3.71. The van der Waals surface area contributed by atoms with Crippen LogP contribution < -0.4 is 0 Å². The predicted molar refractivity (Wildman–Crippen MR) is 82.7 cm³/mol. The van der Waals surface area contributed by atoms with E-state index >= 15 is 0 Å². The fourth-order valence-electron chi connectivity index (χ4n) is 2.33. The highest BCUT2D eigenvalue weighted by Crippen LogP contribution is 2.26. The summed E-state index contributed by atoms with van der Waals surface area (Å²) in [5, 5.41) is 0. The summed E-state index contributed by atoms with van der Waals surface area (Å²) in [6.45, 7) is 6.65. The smallest absolute Gasteiger partial charge is 0.246 e. The van der Waals surface area contributed by atoms with Crippen LogP contribution in [0.2, 0.25) is 0 Å². The quantitative estimate of drug-likeness (QED) is 0.606. The molecule has 0 aliphatic carbocycles. The van der Waals surface area contributed by atoms with Crippen LogP contribution in [0.5, 0.6) is 0 Å². The van der Waals surface area contributed by atoms with Gasteiger partial charge in [0.25, 0.3) is 0 Å². The Labute approximate surface area is 129 Å². The van der Waals surface area contributed by atoms with E-state index in [1.807, 2.05) is 0 Å². The molecule has 1 heterocycles. The van der Waals surface area contributed by atoms with Crippen LogP contribution in [-0.4, -0.2) is 29.6 Å². The number of alkyl halides is 2. The van der Waals surface area contributed by atoms with E-state index in [0.717, 1.165) is 0 Å². The van der Waals surface area contributed by atoms with Gasteiger partial charge in [0.15, 0.2) is 5.67 Å². The zero-order valence-electron chi connectivity index (χ0n) is 12.8. The minimum Gasteiger partial charge on any atom is -0.335 e. The van der Waals surface area contributed by atoms with E-state index in [9.17, 15) is 13.6 Å². The summed E-state index contributed by atoms with van der Waals surface area (Å²) in [5.74, 6) is 5.09. The Morgan fingerprint density at radius 2 is 2.05 bits per heavy atom. The molecular formula is C18H19F2NO. The Hall–Kier alpha value is -2.15. The molecule has 2 rings (SSSR count). The lowest BCUT2D eigenvalue weighted by Crippen LogP contribution is -2.31. The molecule has 1 atom stereocenters. The summed E-state index contributed by atoms with van der Waals surface area (Å²) in [6, 6.07) is 6.65. The number of carbonyl (C=O) groups is 1. The van der Waals surface area contributed by atoms with Gasteiger partial charge in [0.2, 0.25) is 5.91 Å². The maximum atomic E-state index is 14.6. The Balaban J connectivity index is 2.10. The molecule has 1 saturated heterocycles. The summed E-state index contributed by atoms with van der Waals surface area (Å²) >= 11 is 0. The Morgan fingerprint density at radius 3 is 2.59 bits per heavy atom. The molecule has 2 nitrogen and oxygen atoms in total. The lowest BCUT2D eigenvalue weighted by Gasteiger charge is -2.15. The molecule has 0 saturated carbocycles. The maximum absolute atomic E-state index is 14.6. The average Bonchev–Trinajstić information content (AvgIpc) is 2.87. The molecule has 1 aromatic carbocycles. The molecule has 116 valence electrons. The number of nitrogens with zero attached hydrogens (tertiary/aromatic N) is 1. The van der Waals surface area contributed by atoms with Crippen molar-refractivity contribution < 1.29 is 13.6 Å². The lowest BCUT2D eigenvalue weighted by atomic mass is 9.98. The molecule has 0 radical (unpaired) electrons. The van der Waals surface area contributed by atoms with E-state index in [1.54, 1.807) is 24.3 Å². The van der Waals surface area contributed by atoms with Crippen LogP contribution in [0, 0.1) is 11.8 Å². The van der Waals surface area contributed by atoms with Gasteiger partial charge in [0.05, 0.1) is 6.54 Å². The van der Waals surface area contributed by atoms with Gasteiger partial charge >= 0.3 is 0 Å². The Morgan fingerprint density at radius 1 is 1.41 bits per heavy atom. The van der Waals surface area contributed by atoms with Gasteiger partial charge in [-0.2, -0.15) is 0 Å². The van der Waals surface area contributed by atoms with Gasteiger partial charge in [-0.15, -0.1) is 0 Å². The third kappa shape index (κ3) is 3.73. The molecule has 0 N–H and O–H groups in total.